The Morgan fingerprint density at radius 1 is 1.77 bits per heavy atom. The second-order valence-corrected chi connectivity index (χ2v) is 3.49. The summed E-state index contributed by atoms with van der Waals surface area (Å²) in [6, 6.07) is 1.68. The zero-order chi connectivity index (χ0) is 10.0. The summed E-state index contributed by atoms with van der Waals surface area (Å²) < 4.78 is 5.57. The zero-order valence-electron chi connectivity index (χ0n) is 6.95. The van der Waals surface area contributed by atoms with E-state index in [9.17, 15) is 9.90 Å². The Balaban J connectivity index is 2.81. The third kappa shape index (κ3) is 2.57. The molecule has 4 nitrogen and oxygen atoms in total. The number of halogens is 1. The molecule has 2 N–H and O–H groups in total. The summed E-state index contributed by atoms with van der Waals surface area (Å²) in [5.74, 6) is -0.756. The molecular formula is C8H9BrO4. The van der Waals surface area contributed by atoms with Gasteiger partial charge in [0.2, 0.25) is 0 Å². The molecule has 72 valence electrons. The van der Waals surface area contributed by atoms with Crippen LogP contribution in [0.1, 0.15) is 23.8 Å². The highest BCUT2D eigenvalue weighted by Gasteiger charge is 2.18. The number of hydrogen-bond acceptors (Lipinski definition) is 3. The zero-order valence-corrected chi connectivity index (χ0v) is 8.54. The van der Waals surface area contributed by atoms with Crippen LogP contribution in [0, 0.1) is 6.92 Å². The summed E-state index contributed by atoms with van der Waals surface area (Å²) in [6.07, 6.45) is -1.43. The maximum absolute atomic E-state index is 10.3. The third-order valence-electron chi connectivity index (χ3n) is 1.60. The summed E-state index contributed by atoms with van der Waals surface area (Å²) in [5, 5.41) is 17.8. The lowest BCUT2D eigenvalue weighted by Crippen LogP contribution is -2.05. The van der Waals surface area contributed by atoms with Gasteiger partial charge < -0.3 is 14.6 Å². The van der Waals surface area contributed by atoms with E-state index in [1.807, 2.05) is 0 Å². The summed E-state index contributed by atoms with van der Waals surface area (Å²) in [7, 11) is 0. The molecule has 0 spiro atoms. The van der Waals surface area contributed by atoms with E-state index in [1.54, 1.807) is 13.0 Å². The third-order valence-corrected chi connectivity index (χ3v) is 1.99. The first kappa shape index (κ1) is 10.3. The second kappa shape index (κ2) is 3.93. The number of aliphatic carboxylic acids is 1. The van der Waals surface area contributed by atoms with Gasteiger partial charge in [-0.05, 0) is 34.5 Å². The molecule has 0 aliphatic rings. The predicted molar refractivity (Wildman–Crippen MR) is 48.4 cm³/mol. The Morgan fingerprint density at radius 3 is 2.77 bits per heavy atom. The van der Waals surface area contributed by atoms with Crippen molar-refractivity contribution < 1.29 is 19.4 Å². The minimum Gasteiger partial charge on any atom is -0.481 e. The topological polar surface area (TPSA) is 70.7 Å². The van der Waals surface area contributed by atoms with Crippen LogP contribution in [0.4, 0.5) is 0 Å². The number of aryl methyl sites for hydroxylation is 1. The van der Waals surface area contributed by atoms with Crippen LogP contribution in [0.3, 0.4) is 0 Å². The molecule has 1 aromatic rings. The molecule has 0 fully saturated rings. The van der Waals surface area contributed by atoms with Crippen molar-refractivity contribution in [3.05, 3.63) is 22.1 Å². The van der Waals surface area contributed by atoms with Crippen molar-refractivity contribution in [2.24, 2.45) is 0 Å². The van der Waals surface area contributed by atoms with Gasteiger partial charge in [0.15, 0.2) is 4.67 Å². The lowest BCUT2D eigenvalue weighted by atomic mass is 10.1. The van der Waals surface area contributed by atoms with Crippen LogP contribution in [0.5, 0.6) is 0 Å². The fourth-order valence-corrected chi connectivity index (χ4v) is 1.56. The minimum atomic E-state index is -1.08. The van der Waals surface area contributed by atoms with E-state index in [4.69, 9.17) is 9.52 Å². The summed E-state index contributed by atoms with van der Waals surface area (Å²) in [6.45, 7) is 1.74. The number of rotatable bonds is 3. The van der Waals surface area contributed by atoms with Gasteiger partial charge in [0.25, 0.3) is 0 Å². The molecule has 1 rings (SSSR count). The van der Waals surface area contributed by atoms with Crippen LogP contribution < -0.4 is 0 Å². The van der Waals surface area contributed by atoms with Crippen LogP contribution in [0.25, 0.3) is 0 Å². The van der Waals surface area contributed by atoms with Gasteiger partial charge in [-0.15, -0.1) is 0 Å². The minimum absolute atomic E-state index is 0.300. The Morgan fingerprint density at radius 2 is 2.38 bits per heavy atom. The maximum atomic E-state index is 10.3. The smallest absolute Gasteiger partial charge is 0.306 e. The van der Waals surface area contributed by atoms with Gasteiger partial charge >= 0.3 is 5.97 Å². The quantitative estimate of drug-likeness (QED) is 0.857. The van der Waals surface area contributed by atoms with Crippen LogP contribution in [0.15, 0.2) is 15.2 Å². The van der Waals surface area contributed by atoms with Gasteiger partial charge in [-0.3, -0.25) is 4.79 Å². The highest BCUT2D eigenvalue weighted by molar-refractivity contribution is 9.10. The molecule has 0 saturated heterocycles. The Labute approximate surface area is 83.3 Å². The molecule has 0 bridgehead atoms. The fraction of sp³-hybridized carbons (Fsp3) is 0.375. The number of furan rings is 1. The van der Waals surface area contributed by atoms with Crippen molar-refractivity contribution in [3.8, 4) is 0 Å². The molecule has 0 aliphatic heterocycles. The average molecular weight is 249 g/mol. The van der Waals surface area contributed by atoms with E-state index < -0.39 is 12.1 Å². The molecule has 1 heterocycles. The average Bonchev–Trinajstić information content (AvgIpc) is 2.28. The molecule has 1 atom stereocenters. The van der Waals surface area contributed by atoms with Crippen molar-refractivity contribution in [1.29, 1.82) is 0 Å². The highest BCUT2D eigenvalue weighted by Crippen LogP contribution is 2.26. The van der Waals surface area contributed by atoms with Crippen molar-refractivity contribution in [1.82, 2.24) is 0 Å². The molecule has 0 aromatic carbocycles. The van der Waals surface area contributed by atoms with Crippen molar-refractivity contribution >= 4 is 21.9 Å². The summed E-state index contributed by atoms with van der Waals surface area (Å²) in [5.41, 5.74) is 0.737. The maximum Gasteiger partial charge on any atom is 0.306 e. The van der Waals surface area contributed by atoms with E-state index in [0.29, 0.717) is 10.4 Å². The first-order chi connectivity index (χ1) is 6.00. The first-order valence-electron chi connectivity index (χ1n) is 3.66. The van der Waals surface area contributed by atoms with E-state index >= 15 is 0 Å². The van der Waals surface area contributed by atoms with Crippen LogP contribution >= 0.6 is 15.9 Å². The van der Waals surface area contributed by atoms with Crippen LogP contribution in [0.2, 0.25) is 0 Å². The van der Waals surface area contributed by atoms with Gasteiger partial charge in [-0.2, -0.15) is 0 Å². The molecule has 0 radical (unpaired) electrons. The molecule has 1 unspecified atom stereocenters. The van der Waals surface area contributed by atoms with E-state index in [0.717, 1.165) is 5.56 Å². The van der Waals surface area contributed by atoms with Crippen molar-refractivity contribution in [2.45, 2.75) is 19.4 Å². The number of carboxylic acids is 1. The normalized spacial score (nSPS) is 12.8. The molecule has 0 aliphatic carbocycles. The van der Waals surface area contributed by atoms with Crippen molar-refractivity contribution in [2.75, 3.05) is 0 Å². The summed E-state index contributed by atoms with van der Waals surface area (Å²) >= 11 is 3.09. The van der Waals surface area contributed by atoms with Gasteiger partial charge in [-0.1, -0.05) is 0 Å². The standard InChI is InChI=1S/C8H9BrO4/c1-4-2-6(9)13-8(4)5(10)3-7(11)12/h2,5,10H,3H2,1H3,(H,11,12). The molecule has 1 aromatic heterocycles. The Bertz CT molecular complexity index is 318. The highest BCUT2D eigenvalue weighted by atomic mass is 79.9. The molecule has 13 heavy (non-hydrogen) atoms. The molecule has 0 amide bonds. The fourth-order valence-electron chi connectivity index (χ4n) is 1.05. The second-order valence-electron chi connectivity index (χ2n) is 2.71. The number of carbonyl (C=O) groups is 1. The lowest BCUT2D eigenvalue weighted by Gasteiger charge is -2.04. The van der Waals surface area contributed by atoms with E-state index in [1.165, 1.54) is 0 Å². The van der Waals surface area contributed by atoms with Crippen LogP contribution in [-0.4, -0.2) is 16.2 Å². The number of hydrogen-bond donors (Lipinski definition) is 2. The number of aliphatic hydroxyl groups excluding tert-OH is 1. The number of carboxylic acid groups (broad SMARTS) is 1. The monoisotopic (exact) mass is 248 g/mol. The molecule has 0 saturated carbocycles. The Kier molecular flexibility index (Phi) is 3.11. The van der Waals surface area contributed by atoms with Crippen molar-refractivity contribution in [3.63, 3.8) is 0 Å². The van der Waals surface area contributed by atoms with E-state index in [-0.39, 0.29) is 6.42 Å². The molecule has 5 heteroatoms. The SMILES string of the molecule is Cc1cc(Br)oc1C(O)CC(=O)O. The first-order valence-corrected chi connectivity index (χ1v) is 4.45. The largest absolute Gasteiger partial charge is 0.481 e. The number of aliphatic hydroxyl groups is 1. The van der Waals surface area contributed by atoms with Gasteiger partial charge in [-0.25, -0.2) is 0 Å². The summed E-state index contributed by atoms with van der Waals surface area (Å²) in [4.78, 5) is 10.3. The van der Waals surface area contributed by atoms with Gasteiger partial charge in [0.1, 0.15) is 11.9 Å². The lowest BCUT2D eigenvalue weighted by molar-refractivity contribution is -0.139. The Hall–Kier alpha value is -0.810. The van der Waals surface area contributed by atoms with E-state index in [2.05, 4.69) is 15.9 Å². The van der Waals surface area contributed by atoms with Gasteiger partial charge in [0.05, 0.1) is 6.42 Å². The van der Waals surface area contributed by atoms with Gasteiger partial charge in [0, 0.05) is 0 Å². The van der Waals surface area contributed by atoms with Crippen LogP contribution in [-0.2, 0) is 4.79 Å². The predicted octanol–water partition coefficient (Wildman–Crippen LogP) is 1.86. The molecular weight excluding hydrogens is 240 g/mol.